The van der Waals surface area contributed by atoms with Crippen molar-refractivity contribution in [1.29, 1.82) is 0 Å². The molecule has 1 saturated carbocycles. The summed E-state index contributed by atoms with van der Waals surface area (Å²) in [4.78, 5) is 0. The minimum Gasteiger partial charge on any atom is -0.388 e. The first-order chi connectivity index (χ1) is 5.65. The van der Waals surface area contributed by atoms with Crippen molar-refractivity contribution in [3.05, 3.63) is 23.8 Å². The third-order valence-electron chi connectivity index (χ3n) is 2.26. The zero-order valence-electron chi connectivity index (χ0n) is 7.45. The van der Waals surface area contributed by atoms with Crippen molar-refractivity contribution >= 4 is 0 Å². The van der Waals surface area contributed by atoms with Crippen LogP contribution >= 0.6 is 0 Å². The minimum atomic E-state index is -0.549. The Kier molecular flexibility index (Phi) is 3.06. The second kappa shape index (κ2) is 3.87. The smallest absolute Gasteiger partial charge is 0.0809 e. The Morgan fingerprint density at radius 2 is 1.92 bits per heavy atom. The van der Waals surface area contributed by atoms with Crippen LogP contribution in [0.5, 0.6) is 0 Å². The lowest BCUT2D eigenvalue weighted by atomic mass is 9.86. The molecule has 2 nitrogen and oxygen atoms in total. The normalized spacial score (nSPS) is 30.6. The average Bonchev–Trinajstić information content (AvgIpc) is 2.01. The van der Waals surface area contributed by atoms with Crippen LogP contribution in [-0.2, 0) is 0 Å². The molecule has 0 bridgehead atoms. The first-order valence-electron chi connectivity index (χ1n) is 4.37. The van der Waals surface area contributed by atoms with Gasteiger partial charge in [0.25, 0.3) is 0 Å². The summed E-state index contributed by atoms with van der Waals surface area (Å²) in [5.74, 6) is 0. The van der Waals surface area contributed by atoms with Gasteiger partial charge in [0.2, 0.25) is 0 Å². The number of allylic oxidation sites excluding steroid dienone is 1. The van der Waals surface area contributed by atoms with Crippen molar-refractivity contribution in [2.75, 3.05) is 0 Å². The number of hydrogen-bond acceptors (Lipinski definition) is 2. The van der Waals surface area contributed by atoms with E-state index >= 15 is 0 Å². The molecule has 12 heavy (non-hydrogen) atoms. The van der Waals surface area contributed by atoms with Gasteiger partial charge in [-0.2, -0.15) is 0 Å². The molecule has 0 aromatic carbocycles. The van der Waals surface area contributed by atoms with Gasteiger partial charge in [0.15, 0.2) is 0 Å². The molecule has 0 unspecified atom stereocenters. The van der Waals surface area contributed by atoms with E-state index in [-0.39, 0.29) is 0 Å². The van der Waals surface area contributed by atoms with Gasteiger partial charge in [-0.1, -0.05) is 25.2 Å². The molecule has 0 aromatic heterocycles. The molecular weight excluding hydrogens is 152 g/mol. The van der Waals surface area contributed by atoms with Crippen LogP contribution in [-0.4, -0.2) is 22.4 Å². The van der Waals surface area contributed by atoms with Crippen LogP contribution < -0.4 is 0 Å². The molecule has 0 aromatic rings. The maximum atomic E-state index is 9.44. The summed E-state index contributed by atoms with van der Waals surface area (Å²) >= 11 is 0. The Balaban J connectivity index is 2.65. The highest BCUT2D eigenvalue weighted by molar-refractivity contribution is 5.22. The van der Waals surface area contributed by atoms with Gasteiger partial charge in [0.05, 0.1) is 12.2 Å². The Hall–Kier alpha value is -0.600. The van der Waals surface area contributed by atoms with Gasteiger partial charge < -0.3 is 10.2 Å². The van der Waals surface area contributed by atoms with Gasteiger partial charge in [-0.25, -0.2) is 0 Å². The third kappa shape index (κ3) is 1.96. The van der Waals surface area contributed by atoms with E-state index in [1.54, 1.807) is 0 Å². The van der Waals surface area contributed by atoms with Gasteiger partial charge in [-0.05, 0) is 24.8 Å². The predicted octanol–water partition coefficient (Wildman–Crippen LogP) is 1.39. The van der Waals surface area contributed by atoms with Crippen LogP contribution in [0.15, 0.2) is 23.8 Å². The van der Waals surface area contributed by atoms with Crippen molar-refractivity contribution in [1.82, 2.24) is 0 Å². The zero-order chi connectivity index (χ0) is 9.14. The monoisotopic (exact) mass is 168 g/mol. The fraction of sp³-hybridized carbons (Fsp3) is 0.600. The van der Waals surface area contributed by atoms with E-state index in [4.69, 9.17) is 0 Å². The van der Waals surface area contributed by atoms with Crippen molar-refractivity contribution < 1.29 is 10.2 Å². The molecule has 68 valence electrons. The van der Waals surface area contributed by atoms with Gasteiger partial charge in [-0.15, -0.1) is 0 Å². The number of hydrogen-bond donors (Lipinski definition) is 2. The van der Waals surface area contributed by atoms with E-state index in [0.717, 1.165) is 12.0 Å². The molecule has 0 saturated heterocycles. The second-order valence-electron chi connectivity index (χ2n) is 3.29. The molecule has 2 N–H and O–H groups in total. The highest BCUT2D eigenvalue weighted by Gasteiger charge is 2.24. The molecule has 1 fully saturated rings. The van der Waals surface area contributed by atoms with Crippen LogP contribution in [0.4, 0.5) is 0 Å². The minimum absolute atomic E-state index is 0.549. The molecule has 2 heteroatoms. The van der Waals surface area contributed by atoms with E-state index in [9.17, 15) is 10.2 Å². The van der Waals surface area contributed by atoms with Crippen LogP contribution in [0.25, 0.3) is 0 Å². The van der Waals surface area contributed by atoms with Gasteiger partial charge in [-0.3, -0.25) is 0 Å². The predicted molar refractivity (Wildman–Crippen MR) is 48.8 cm³/mol. The fourth-order valence-corrected chi connectivity index (χ4v) is 1.52. The number of aliphatic hydroxyl groups excluding tert-OH is 2. The van der Waals surface area contributed by atoms with E-state index in [1.165, 1.54) is 0 Å². The lowest BCUT2D eigenvalue weighted by Crippen LogP contribution is -2.27. The highest BCUT2D eigenvalue weighted by Crippen LogP contribution is 2.27. The molecule has 1 aliphatic carbocycles. The van der Waals surface area contributed by atoms with Crippen molar-refractivity contribution in [3.8, 4) is 0 Å². The Bertz CT molecular complexity index is 190. The van der Waals surface area contributed by atoms with E-state index in [1.807, 2.05) is 0 Å². The molecule has 0 heterocycles. The summed E-state index contributed by atoms with van der Waals surface area (Å²) in [6.45, 7) is 5.69. The van der Waals surface area contributed by atoms with Crippen molar-refractivity contribution in [2.45, 2.75) is 38.4 Å². The van der Waals surface area contributed by atoms with Crippen LogP contribution in [0.2, 0.25) is 0 Å². The standard InChI is InChI=1S/C10H16O2/c1-3-4-8-5-9(11)7(2)10(12)6-8/h4,9-12H,2-3,5-6H2,1H3/t9-,10-/m1/s1. The molecule has 0 amide bonds. The summed E-state index contributed by atoms with van der Waals surface area (Å²) < 4.78 is 0. The number of aliphatic hydroxyl groups is 2. The molecule has 2 atom stereocenters. The molecule has 0 aliphatic heterocycles. The van der Waals surface area contributed by atoms with E-state index < -0.39 is 12.2 Å². The van der Waals surface area contributed by atoms with Crippen LogP contribution in [0.1, 0.15) is 26.2 Å². The lowest BCUT2D eigenvalue weighted by molar-refractivity contribution is 0.123. The largest absolute Gasteiger partial charge is 0.388 e. The zero-order valence-corrected chi connectivity index (χ0v) is 7.45. The van der Waals surface area contributed by atoms with Crippen LogP contribution in [0.3, 0.4) is 0 Å². The third-order valence-corrected chi connectivity index (χ3v) is 2.26. The molecule has 0 radical (unpaired) electrons. The first kappa shape index (κ1) is 9.49. The summed E-state index contributed by atoms with van der Waals surface area (Å²) in [6.07, 6.45) is 3.21. The quantitative estimate of drug-likeness (QED) is 0.581. The van der Waals surface area contributed by atoms with Gasteiger partial charge >= 0.3 is 0 Å². The van der Waals surface area contributed by atoms with E-state index in [0.29, 0.717) is 18.4 Å². The molecule has 1 aliphatic rings. The lowest BCUT2D eigenvalue weighted by Gasteiger charge is -2.27. The summed E-state index contributed by atoms with van der Waals surface area (Å²) in [6, 6.07) is 0. The number of rotatable bonds is 1. The molecule has 0 spiro atoms. The van der Waals surface area contributed by atoms with E-state index in [2.05, 4.69) is 19.6 Å². The second-order valence-corrected chi connectivity index (χ2v) is 3.29. The molecule has 1 rings (SSSR count). The summed E-state index contributed by atoms with van der Waals surface area (Å²) in [5.41, 5.74) is 1.70. The topological polar surface area (TPSA) is 40.5 Å². The van der Waals surface area contributed by atoms with Crippen molar-refractivity contribution in [2.24, 2.45) is 0 Å². The summed E-state index contributed by atoms with van der Waals surface area (Å²) in [7, 11) is 0. The Morgan fingerprint density at radius 1 is 1.42 bits per heavy atom. The maximum absolute atomic E-state index is 9.44. The Labute approximate surface area is 73.2 Å². The van der Waals surface area contributed by atoms with Crippen molar-refractivity contribution in [3.63, 3.8) is 0 Å². The maximum Gasteiger partial charge on any atom is 0.0809 e. The SMILES string of the molecule is C=C1[C@H](O)CC(=CCC)C[C@H]1O. The summed E-state index contributed by atoms with van der Waals surface area (Å²) in [5, 5.41) is 18.9. The average molecular weight is 168 g/mol. The van der Waals surface area contributed by atoms with Crippen LogP contribution in [0, 0.1) is 0 Å². The van der Waals surface area contributed by atoms with Gasteiger partial charge in [0.1, 0.15) is 0 Å². The first-order valence-corrected chi connectivity index (χ1v) is 4.37. The highest BCUT2D eigenvalue weighted by atomic mass is 16.3. The Morgan fingerprint density at radius 3 is 2.33 bits per heavy atom. The van der Waals surface area contributed by atoms with Gasteiger partial charge in [0, 0.05) is 0 Å². The molecular formula is C10H16O2. The fourth-order valence-electron chi connectivity index (χ4n) is 1.52.